The maximum atomic E-state index is 12.0. The Morgan fingerprint density at radius 3 is 2.74 bits per heavy atom. The summed E-state index contributed by atoms with van der Waals surface area (Å²) in [6.07, 6.45) is 1.35. The highest BCUT2D eigenvalue weighted by molar-refractivity contribution is 7.97. The Morgan fingerprint density at radius 1 is 1.26 bits per heavy atom. The number of pyridine rings is 1. The summed E-state index contributed by atoms with van der Waals surface area (Å²) in [4.78, 5) is 16.5. The first-order valence-electron chi connectivity index (χ1n) is 7.15. The summed E-state index contributed by atoms with van der Waals surface area (Å²) in [5.74, 6) is 0. The molecule has 0 saturated carbocycles. The lowest BCUT2D eigenvalue weighted by molar-refractivity contribution is 0.0636. The summed E-state index contributed by atoms with van der Waals surface area (Å²) in [6.45, 7) is 5.47. The van der Waals surface area contributed by atoms with Gasteiger partial charge in [-0.15, -0.1) is 0 Å². The van der Waals surface area contributed by atoms with Crippen molar-refractivity contribution in [3.05, 3.63) is 41.4 Å². The minimum absolute atomic E-state index is 0.498. The van der Waals surface area contributed by atoms with Gasteiger partial charge in [-0.25, -0.2) is 9.78 Å². The second-order valence-corrected chi connectivity index (χ2v) is 6.60. The topological polar surface area (TPSA) is 60.5 Å². The van der Waals surface area contributed by atoms with Gasteiger partial charge in [-0.05, 0) is 39.0 Å². The van der Waals surface area contributed by atoms with E-state index in [1.165, 1.54) is 12.0 Å². The molecular weight excluding hydrogens is 312 g/mol. The number of benzene rings is 1. The van der Waals surface area contributed by atoms with E-state index in [1.54, 1.807) is 18.6 Å². The number of fused-ring (bicyclic) bond motifs is 1. The third kappa shape index (κ3) is 5.26. The van der Waals surface area contributed by atoms with Gasteiger partial charge in [-0.1, -0.05) is 18.2 Å². The second-order valence-electron chi connectivity index (χ2n) is 5.81. The number of ether oxygens (including phenoxy) is 1. The molecule has 122 valence electrons. The molecule has 1 N–H and O–H groups in total. The standard InChI is InChI=1S/C17H20N2O3S/c1-17(2,3)22-16(20)19-14-7-5-6-12-8-9-13(18-15(12)14)10-11-23-21-4/h5-11H,1-4H3,(H,19,20)/b11-10+. The zero-order valence-electron chi connectivity index (χ0n) is 13.6. The van der Waals surface area contributed by atoms with E-state index < -0.39 is 11.7 Å². The Morgan fingerprint density at radius 2 is 2.04 bits per heavy atom. The molecule has 0 aliphatic heterocycles. The van der Waals surface area contributed by atoms with Gasteiger partial charge < -0.3 is 8.92 Å². The molecule has 5 nitrogen and oxygen atoms in total. The average Bonchev–Trinajstić information content (AvgIpc) is 2.46. The lowest BCUT2D eigenvalue weighted by Crippen LogP contribution is -2.27. The van der Waals surface area contributed by atoms with Crippen LogP contribution >= 0.6 is 12.0 Å². The number of rotatable bonds is 4. The van der Waals surface area contributed by atoms with Gasteiger partial charge in [0.25, 0.3) is 0 Å². The number of nitrogens with one attached hydrogen (secondary N) is 1. The van der Waals surface area contributed by atoms with Gasteiger partial charge in [0.2, 0.25) is 0 Å². The second kappa shape index (κ2) is 7.48. The summed E-state index contributed by atoms with van der Waals surface area (Å²) in [5, 5.41) is 5.50. The molecule has 6 heteroatoms. The van der Waals surface area contributed by atoms with Crippen molar-refractivity contribution in [3.8, 4) is 0 Å². The molecular formula is C17H20N2O3S. The van der Waals surface area contributed by atoms with Gasteiger partial charge in [-0.3, -0.25) is 5.32 Å². The van der Waals surface area contributed by atoms with Gasteiger partial charge in [0.05, 0.1) is 24.0 Å². The largest absolute Gasteiger partial charge is 0.444 e. The summed E-state index contributed by atoms with van der Waals surface area (Å²) in [7, 11) is 1.60. The molecule has 1 aromatic heterocycles. The quantitative estimate of drug-likeness (QED) is 0.811. The van der Waals surface area contributed by atoms with Crippen LogP contribution in [0, 0.1) is 0 Å². The first-order valence-corrected chi connectivity index (χ1v) is 7.95. The lowest BCUT2D eigenvalue weighted by atomic mass is 10.1. The van der Waals surface area contributed by atoms with Crippen LogP contribution in [0.3, 0.4) is 0 Å². The predicted octanol–water partition coefficient (Wildman–Crippen LogP) is 4.85. The number of nitrogens with zero attached hydrogens (tertiary/aromatic N) is 1. The molecule has 0 radical (unpaired) electrons. The van der Waals surface area contributed by atoms with E-state index in [0.29, 0.717) is 11.2 Å². The predicted molar refractivity (Wildman–Crippen MR) is 95.2 cm³/mol. The van der Waals surface area contributed by atoms with Crippen LogP contribution in [0.2, 0.25) is 0 Å². The highest BCUT2D eigenvalue weighted by atomic mass is 32.2. The van der Waals surface area contributed by atoms with Crippen molar-refractivity contribution in [3.63, 3.8) is 0 Å². The molecule has 0 aliphatic rings. The van der Waals surface area contributed by atoms with Crippen molar-refractivity contribution in [2.45, 2.75) is 26.4 Å². The van der Waals surface area contributed by atoms with Crippen LogP contribution in [0.1, 0.15) is 26.5 Å². The number of carbonyl (C=O) groups is 1. The number of anilines is 1. The average molecular weight is 332 g/mol. The van der Waals surface area contributed by atoms with E-state index >= 15 is 0 Å². The fourth-order valence-corrected chi connectivity index (χ4v) is 2.23. The number of hydrogen-bond acceptors (Lipinski definition) is 5. The van der Waals surface area contributed by atoms with E-state index in [0.717, 1.165) is 11.1 Å². The fraction of sp³-hybridized carbons (Fsp3) is 0.294. The third-order valence-corrected chi connectivity index (χ3v) is 3.21. The van der Waals surface area contributed by atoms with Gasteiger partial charge in [0, 0.05) is 22.8 Å². The SMILES string of the molecule is COS/C=C/c1ccc2cccc(NC(=O)OC(C)(C)C)c2n1. The Labute approximate surface area is 140 Å². The van der Waals surface area contributed by atoms with Gasteiger partial charge in [-0.2, -0.15) is 0 Å². The Balaban J connectivity index is 2.28. The van der Waals surface area contributed by atoms with E-state index in [2.05, 4.69) is 10.3 Å². The minimum atomic E-state index is -0.548. The van der Waals surface area contributed by atoms with Gasteiger partial charge in [0.1, 0.15) is 5.60 Å². The lowest BCUT2D eigenvalue weighted by Gasteiger charge is -2.20. The molecule has 0 unspecified atom stereocenters. The number of amides is 1. The molecule has 2 aromatic rings. The van der Waals surface area contributed by atoms with Crippen molar-refractivity contribution in [2.24, 2.45) is 0 Å². The summed E-state index contributed by atoms with van der Waals surface area (Å²) in [5.41, 5.74) is 1.56. The molecule has 0 bridgehead atoms. The van der Waals surface area contributed by atoms with Crippen LogP contribution in [0.25, 0.3) is 17.0 Å². The molecule has 0 fully saturated rings. The smallest absolute Gasteiger partial charge is 0.412 e. The van der Waals surface area contributed by atoms with E-state index in [-0.39, 0.29) is 0 Å². The Bertz CT molecular complexity index is 723. The van der Waals surface area contributed by atoms with Crippen LogP contribution < -0.4 is 5.32 Å². The highest BCUT2D eigenvalue weighted by Gasteiger charge is 2.17. The molecule has 1 aromatic carbocycles. The number of hydrogen-bond donors (Lipinski definition) is 1. The molecule has 1 heterocycles. The van der Waals surface area contributed by atoms with Crippen LogP contribution in [-0.4, -0.2) is 23.8 Å². The first kappa shape index (κ1) is 17.3. The third-order valence-electron chi connectivity index (χ3n) is 2.77. The molecule has 0 spiro atoms. The fourth-order valence-electron chi connectivity index (χ4n) is 1.92. The normalized spacial score (nSPS) is 11.8. The number of para-hydroxylation sites is 1. The van der Waals surface area contributed by atoms with Crippen LogP contribution in [0.15, 0.2) is 35.7 Å². The van der Waals surface area contributed by atoms with Crippen LogP contribution in [-0.2, 0) is 8.92 Å². The number of carbonyl (C=O) groups excluding carboxylic acids is 1. The van der Waals surface area contributed by atoms with Crippen molar-refractivity contribution >= 4 is 40.8 Å². The van der Waals surface area contributed by atoms with Crippen LogP contribution in [0.4, 0.5) is 10.5 Å². The van der Waals surface area contributed by atoms with Crippen molar-refractivity contribution in [2.75, 3.05) is 12.4 Å². The maximum Gasteiger partial charge on any atom is 0.412 e. The summed E-state index contributed by atoms with van der Waals surface area (Å²) < 4.78 is 10.2. The summed E-state index contributed by atoms with van der Waals surface area (Å²) in [6, 6.07) is 9.48. The van der Waals surface area contributed by atoms with Gasteiger partial charge >= 0.3 is 6.09 Å². The highest BCUT2D eigenvalue weighted by Crippen LogP contribution is 2.23. The van der Waals surface area contributed by atoms with Crippen LogP contribution in [0.5, 0.6) is 0 Å². The van der Waals surface area contributed by atoms with E-state index in [9.17, 15) is 4.79 Å². The maximum absolute atomic E-state index is 12.0. The van der Waals surface area contributed by atoms with Crippen molar-refractivity contribution < 1.29 is 13.7 Å². The van der Waals surface area contributed by atoms with Crippen molar-refractivity contribution in [1.29, 1.82) is 0 Å². The molecule has 0 aliphatic carbocycles. The van der Waals surface area contributed by atoms with Crippen molar-refractivity contribution in [1.82, 2.24) is 4.98 Å². The van der Waals surface area contributed by atoms with E-state index in [1.807, 2.05) is 51.1 Å². The molecule has 2 rings (SSSR count). The molecule has 1 amide bonds. The zero-order valence-corrected chi connectivity index (χ0v) is 14.4. The Hall–Kier alpha value is -2.05. The zero-order chi connectivity index (χ0) is 16.9. The monoisotopic (exact) mass is 332 g/mol. The van der Waals surface area contributed by atoms with E-state index in [4.69, 9.17) is 8.92 Å². The molecule has 0 saturated heterocycles. The van der Waals surface area contributed by atoms with Gasteiger partial charge in [0.15, 0.2) is 0 Å². The summed E-state index contributed by atoms with van der Waals surface area (Å²) >= 11 is 1.22. The Kier molecular flexibility index (Phi) is 5.63. The number of aromatic nitrogens is 1. The first-order chi connectivity index (χ1) is 10.9. The molecule has 0 atom stereocenters. The minimum Gasteiger partial charge on any atom is -0.444 e. The molecule has 23 heavy (non-hydrogen) atoms.